The third-order valence-electron chi connectivity index (χ3n) is 0. The van der Waals surface area contributed by atoms with E-state index in [2.05, 4.69) is 0 Å². The Morgan fingerprint density at radius 3 is 0.0179 bits per heavy atom. The zero-order valence-electron chi connectivity index (χ0n) is 28.0. The zero-order chi connectivity index (χ0) is 0. The summed E-state index contributed by atoms with van der Waals surface area (Å²) in [5.74, 6) is 0. The predicted molar refractivity (Wildman–Crippen MR) is 0 cm³/mol. The third-order valence-corrected chi connectivity index (χ3v) is 0. The molecule has 0 fully saturated rings. The first-order chi connectivity index (χ1) is 0. The Morgan fingerprint density at radius 2 is 0.0179 bits per heavy atom. The Bertz CT molecular complexity index is 0. The molecule has 0 nitrogen and oxygen atoms in total. The molecule has 0 saturated heterocycles. The fourth-order valence-corrected chi connectivity index (χ4v) is 0. The van der Waals surface area contributed by atoms with E-state index in [0.717, 1.165) is 0 Å². The van der Waals surface area contributed by atoms with E-state index in [4.69, 9.17) is 0 Å². The molecule has 0 aromatic carbocycles. The van der Waals surface area contributed by atoms with E-state index in [1.54, 1.807) is 0 Å². The van der Waals surface area contributed by atoms with Crippen molar-refractivity contribution in [2.45, 2.75) is 0 Å². The summed E-state index contributed by atoms with van der Waals surface area (Å²) in [5, 5.41) is 0. The van der Waals surface area contributed by atoms with Crippen LogP contribution in [-0.4, -0.2) is 0 Å². The van der Waals surface area contributed by atoms with Crippen molar-refractivity contribution in [1.29, 1.82) is 0 Å². The van der Waals surface area contributed by atoms with E-state index in [0.29, 0.717) is 0 Å². The van der Waals surface area contributed by atoms with E-state index in [-0.39, 0.29) is 1740 Å². The number of rotatable bonds is 0. The van der Waals surface area contributed by atoms with Crippen LogP contribution in [0.5, 0.6) is 0 Å². The van der Waals surface area contributed by atoms with Gasteiger partial charge in [-0.15, -0.1) is 0 Å². The average molecular weight is 13300 g/mol. The summed E-state index contributed by atoms with van der Waals surface area (Å²) in [6, 6.07) is 0. The van der Waals surface area contributed by atoms with Crippen molar-refractivity contribution in [3.63, 3.8) is 0 Å². The molecule has 0 aliphatic rings. The number of hydrogen-bond acceptors (Lipinski definition) is 0. The summed E-state index contributed by atoms with van der Waals surface area (Å²) in [6.07, 6.45) is 0. The van der Waals surface area contributed by atoms with Gasteiger partial charge in [0.25, 0.3) is 0 Å². The molecule has 0 atom stereocenters. The maximum absolute atomic E-state index is 0. The quantitative estimate of drug-likeness (QED) is 0.321. The van der Waals surface area contributed by atoms with Gasteiger partial charge in [0.2, 0.25) is 0 Å². The van der Waals surface area contributed by atoms with E-state index in [9.17, 15) is 0 Å². The van der Waals surface area contributed by atoms with E-state index < -0.39 is 0 Å². The monoisotopic (exact) mass is 13300 g/mol. The van der Waals surface area contributed by atoms with Crippen molar-refractivity contribution in [1.82, 2.24) is 0 Å². The molecule has 56 heteroatoms. The van der Waals surface area contributed by atoms with Gasteiger partial charge in [0.1, 0.15) is 0 Å². The molecule has 0 spiro atoms. The number of hydrogen-bond donors (Lipinski definition) is 0. The van der Waals surface area contributed by atoms with Gasteiger partial charge in [-0.1, -0.05) is 0 Å². The molecule has 0 saturated carbocycles. The van der Waals surface area contributed by atoms with Crippen LogP contribution in [0.3, 0.4) is 0 Å². The maximum Gasteiger partial charge on any atom is 0 e. The van der Waals surface area contributed by atoms with Crippen molar-refractivity contribution in [3.05, 3.63) is 0 Å². The second kappa shape index (κ2) is 418. The van der Waals surface area contributed by atoms with E-state index in [1.165, 1.54) is 0 Å². The van der Waals surface area contributed by atoms with Crippen LogP contribution in [-0.2, 0) is 0 Å². The van der Waals surface area contributed by atoms with Crippen molar-refractivity contribution >= 4 is 0 Å². The Hall–Kier alpha value is 58.9. The molecule has 0 heterocycles. The fourth-order valence-electron chi connectivity index (χ4n) is 0. The molecule has 0 aromatic rings. The minimum Gasteiger partial charge on any atom is 0 e. The van der Waals surface area contributed by atoms with Gasteiger partial charge in [-0.3, -0.25) is 0 Å². The fraction of sp³-hybridized carbons (Fsp3) is 0. The summed E-state index contributed by atoms with van der Waals surface area (Å²) in [6.45, 7) is 0. The van der Waals surface area contributed by atoms with E-state index in [1.807, 2.05) is 0 Å². The maximum atomic E-state index is 0. The topological polar surface area (TPSA) is 0 Å². The van der Waals surface area contributed by atoms with Crippen molar-refractivity contribution in [3.8, 4) is 0 Å². The normalized spacial score (nSPS) is 0. The molecular weight excluding hydrogens is 13300 g/mol. The van der Waals surface area contributed by atoms with Crippen molar-refractivity contribution < 1.29 is 1740 Å². The molecule has 0 rings (SSSR count). The second-order valence-electron chi connectivity index (χ2n) is 0. The Balaban J connectivity index is 0. The van der Waals surface area contributed by atoms with Gasteiger partial charge in [0, 0.05) is 1740 Å². The van der Waals surface area contributed by atoms with E-state index >= 15 is 0 Å². The average Bonchev–Trinajstić information content (AvgIpc) is 0. The van der Waals surface area contributed by atoms with Gasteiger partial charge in [-0.2, -0.15) is 0 Å². The van der Waals surface area contributed by atoms with Crippen LogP contribution in [0, 0.1) is 1740 Å². The van der Waals surface area contributed by atoms with Gasteiger partial charge in [0.15, 0.2) is 0 Å². The molecule has 56 heavy (non-hydrogen) atoms. The smallest absolute Gasteiger partial charge is 0 e. The minimum atomic E-state index is 0. The second-order valence-corrected chi connectivity index (χ2v) is 0. The Morgan fingerprint density at radius 1 is 0.0179 bits per heavy atom. The van der Waals surface area contributed by atoms with Gasteiger partial charge in [-0.05, 0) is 0 Å². The summed E-state index contributed by atoms with van der Waals surface area (Å²) in [7, 11) is 0. The summed E-state index contributed by atoms with van der Waals surface area (Å²) < 4.78 is 0. The van der Waals surface area contributed by atoms with Gasteiger partial charge < -0.3 is 0 Å². The van der Waals surface area contributed by atoms with Crippen LogP contribution in [0.15, 0.2) is 0 Å². The van der Waals surface area contributed by atoms with Crippen LogP contribution >= 0.6 is 0 Å². The van der Waals surface area contributed by atoms with Crippen LogP contribution in [0.1, 0.15) is 0 Å². The molecule has 0 amide bonds. The molecule has 0 unspecified atom stereocenters. The molecular formula is U56. The van der Waals surface area contributed by atoms with Gasteiger partial charge in [0.05, 0.1) is 0 Å². The van der Waals surface area contributed by atoms with Crippen LogP contribution in [0.25, 0.3) is 0 Å². The first-order valence-corrected chi connectivity index (χ1v) is 0. The summed E-state index contributed by atoms with van der Waals surface area (Å²) in [4.78, 5) is 0. The molecule has 0 aliphatic carbocycles. The first-order valence-electron chi connectivity index (χ1n) is 0. The molecule has 0 N–H and O–H groups in total. The third kappa shape index (κ3) is 407. The summed E-state index contributed by atoms with van der Waals surface area (Å²) in [5.41, 5.74) is 0. The summed E-state index contributed by atoms with van der Waals surface area (Å²) >= 11 is 0. The molecule has 0 aliphatic heterocycles. The zero-order valence-corrected chi connectivity index (χ0v) is 261. The largest absolute Gasteiger partial charge is 0 e. The van der Waals surface area contributed by atoms with Gasteiger partial charge >= 0.3 is 0 Å². The minimum absolute atomic E-state index is 0. The Labute approximate surface area is 1670 Å². The molecule has 0 aromatic heterocycles. The van der Waals surface area contributed by atoms with Crippen LogP contribution < -0.4 is 0 Å². The predicted octanol–water partition coefficient (Wildman–Crippen LogP) is 0. The SMILES string of the molecule is [U].[U].[U].[U].[U].[U].[U].[U].[U].[U].[U].[U].[U].[U].[U].[U].[U].[U].[U].[U].[U].[U].[U].[U].[U].[U].[U].[U].[U].[U].[U].[U].[U].[U].[U].[U].[U].[U].[U].[U].[U].[U].[U].[U].[U].[U].[U].[U].[U].[U].[U].[U].[U].[U].[U].[U]. The van der Waals surface area contributed by atoms with Gasteiger partial charge in [-0.25, -0.2) is 0 Å². The standard InChI is InChI=1S/56U. The van der Waals surface area contributed by atoms with Crippen molar-refractivity contribution in [2.24, 2.45) is 0 Å². The molecule has 0 bridgehead atoms. The van der Waals surface area contributed by atoms with Crippen molar-refractivity contribution in [2.75, 3.05) is 0 Å². The Kier molecular flexibility index (Phi) is 3210. The molecule has 224 valence electrons. The first kappa shape index (κ1) is 430. The van der Waals surface area contributed by atoms with Crippen LogP contribution in [0.4, 0.5) is 0 Å². The molecule has 0 radical (unpaired) electrons. The van der Waals surface area contributed by atoms with Crippen LogP contribution in [0.2, 0.25) is 0 Å².